The average molecular weight is 536 g/mol. The lowest BCUT2D eigenvalue weighted by atomic mass is 9.90. The molecule has 1 aliphatic carbocycles. The van der Waals surface area contributed by atoms with Crippen molar-refractivity contribution in [2.45, 2.75) is 51.1 Å². The molecule has 1 saturated heterocycles. The molecule has 0 radical (unpaired) electrons. The first kappa shape index (κ1) is 27.0. The van der Waals surface area contributed by atoms with E-state index in [4.69, 9.17) is 4.74 Å². The number of Topliss-reactive ketones (excluding diaryl/α,β-unsaturated/α-hetero) is 1. The number of piperidine rings is 1. The second kappa shape index (κ2) is 11.2. The SMILES string of the molecule is Cc1cc(C(F)(F)F)ccc1CCCC(=O)[C@@H]1CCCN(C(=O)OCC2c3ccccc3-c3ccccc32)C1. The molecule has 1 aliphatic heterocycles. The molecule has 204 valence electrons. The molecular formula is C32H32F3NO3. The van der Waals surface area contributed by atoms with E-state index in [0.29, 0.717) is 37.9 Å². The molecule has 0 saturated carbocycles. The Bertz CT molecular complexity index is 1320. The minimum absolute atomic E-state index is 0.0165. The summed E-state index contributed by atoms with van der Waals surface area (Å²) in [4.78, 5) is 27.6. The van der Waals surface area contributed by atoms with Crippen LogP contribution in [0.2, 0.25) is 0 Å². The molecule has 1 fully saturated rings. The average Bonchev–Trinajstić information content (AvgIpc) is 3.25. The van der Waals surface area contributed by atoms with Crippen molar-refractivity contribution in [3.8, 4) is 11.1 Å². The third-order valence-electron chi connectivity index (χ3n) is 8.01. The largest absolute Gasteiger partial charge is 0.448 e. The first-order valence-electron chi connectivity index (χ1n) is 13.5. The van der Waals surface area contributed by atoms with Gasteiger partial charge in [0.1, 0.15) is 12.4 Å². The van der Waals surface area contributed by atoms with Gasteiger partial charge in [0.2, 0.25) is 0 Å². The fraction of sp³-hybridized carbons (Fsp3) is 0.375. The number of halogens is 3. The number of rotatable bonds is 7. The Hall–Kier alpha value is -3.61. The van der Waals surface area contributed by atoms with Gasteiger partial charge in [0.15, 0.2) is 0 Å². The van der Waals surface area contributed by atoms with Crippen molar-refractivity contribution >= 4 is 11.9 Å². The summed E-state index contributed by atoms with van der Waals surface area (Å²) >= 11 is 0. The van der Waals surface area contributed by atoms with Crippen molar-refractivity contribution in [1.29, 1.82) is 0 Å². The second-order valence-electron chi connectivity index (χ2n) is 10.5. The van der Waals surface area contributed by atoms with Crippen LogP contribution in [-0.4, -0.2) is 36.5 Å². The molecule has 0 spiro atoms. The predicted molar refractivity (Wildman–Crippen MR) is 143 cm³/mol. The molecule has 0 aromatic heterocycles. The van der Waals surface area contributed by atoms with Gasteiger partial charge in [-0.15, -0.1) is 0 Å². The van der Waals surface area contributed by atoms with Crippen molar-refractivity contribution in [3.05, 3.63) is 94.5 Å². The summed E-state index contributed by atoms with van der Waals surface area (Å²) in [5, 5.41) is 0. The summed E-state index contributed by atoms with van der Waals surface area (Å²) < 4.78 is 44.5. The minimum atomic E-state index is -4.36. The quantitative estimate of drug-likeness (QED) is 0.314. The monoisotopic (exact) mass is 535 g/mol. The van der Waals surface area contributed by atoms with Gasteiger partial charge in [0.25, 0.3) is 0 Å². The topological polar surface area (TPSA) is 46.6 Å². The smallest absolute Gasteiger partial charge is 0.416 e. The van der Waals surface area contributed by atoms with Crippen LogP contribution in [0.5, 0.6) is 0 Å². The normalized spacial score (nSPS) is 17.0. The lowest BCUT2D eigenvalue weighted by Crippen LogP contribution is -2.42. The molecule has 3 aromatic rings. The second-order valence-corrected chi connectivity index (χ2v) is 10.5. The number of fused-ring (bicyclic) bond motifs is 3. The number of likely N-dealkylation sites (tertiary alicyclic amines) is 1. The lowest BCUT2D eigenvalue weighted by Gasteiger charge is -2.31. The van der Waals surface area contributed by atoms with E-state index in [9.17, 15) is 22.8 Å². The Labute approximate surface area is 226 Å². The third kappa shape index (κ3) is 5.87. The number of ketones is 1. The number of aryl methyl sites for hydroxylation is 2. The van der Waals surface area contributed by atoms with Gasteiger partial charge in [0.05, 0.1) is 5.56 Å². The highest BCUT2D eigenvalue weighted by Gasteiger charge is 2.33. The van der Waals surface area contributed by atoms with Gasteiger partial charge in [0, 0.05) is 31.3 Å². The molecule has 1 amide bonds. The fourth-order valence-corrected chi connectivity index (χ4v) is 5.90. The number of carbonyl (C=O) groups excluding carboxylic acids is 2. The lowest BCUT2D eigenvalue weighted by molar-refractivity contribution is -0.137. The fourth-order valence-electron chi connectivity index (χ4n) is 5.90. The van der Waals surface area contributed by atoms with E-state index < -0.39 is 17.8 Å². The maximum absolute atomic E-state index is 13.0. The molecule has 2 aliphatic rings. The summed E-state index contributed by atoms with van der Waals surface area (Å²) in [5.74, 6) is -0.166. The van der Waals surface area contributed by atoms with Crippen LogP contribution in [-0.2, 0) is 22.1 Å². The molecule has 5 rings (SSSR count). The molecule has 1 heterocycles. The summed E-state index contributed by atoms with van der Waals surface area (Å²) in [6.07, 6.45) is -1.85. The zero-order chi connectivity index (χ0) is 27.6. The number of amides is 1. The van der Waals surface area contributed by atoms with E-state index in [1.54, 1.807) is 11.8 Å². The molecule has 0 unspecified atom stereocenters. The maximum Gasteiger partial charge on any atom is 0.416 e. The van der Waals surface area contributed by atoms with Crippen LogP contribution in [0.1, 0.15) is 59.4 Å². The highest BCUT2D eigenvalue weighted by Crippen LogP contribution is 2.44. The summed E-state index contributed by atoms with van der Waals surface area (Å²) in [7, 11) is 0. The number of hydrogen-bond acceptors (Lipinski definition) is 3. The zero-order valence-corrected chi connectivity index (χ0v) is 22.0. The summed E-state index contributed by atoms with van der Waals surface area (Å²) in [6, 6.07) is 20.1. The van der Waals surface area contributed by atoms with Gasteiger partial charge < -0.3 is 9.64 Å². The van der Waals surface area contributed by atoms with Crippen molar-refractivity contribution < 1.29 is 27.5 Å². The Balaban J connectivity index is 1.13. The third-order valence-corrected chi connectivity index (χ3v) is 8.01. The predicted octanol–water partition coefficient (Wildman–Crippen LogP) is 7.57. The molecule has 4 nitrogen and oxygen atoms in total. The van der Waals surface area contributed by atoms with Crippen LogP contribution in [0.3, 0.4) is 0 Å². The van der Waals surface area contributed by atoms with Crippen LogP contribution in [0.4, 0.5) is 18.0 Å². The van der Waals surface area contributed by atoms with Crippen molar-refractivity contribution in [1.82, 2.24) is 4.90 Å². The van der Waals surface area contributed by atoms with Gasteiger partial charge in [-0.1, -0.05) is 54.6 Å². The van der Waals surface area contributed by atoms with Crippen LogP contribution < -0.4 is 0 Å². The van der Waals surface area contributed by atoms with E-state index in [0.717, 1.165) is 41.7 Å². The maximum atomic E-state index is 13.0. The highest BCUT2D eigenvalue weighted by atomic mass is 19.4. The molecule has 7 heteroatoms. The standard InChI is InChI=1S/C32H32F3NO3/c1-21-18-24(32(33,34)35)16-15-22(21)8-6-14-30(37)23-9-7-17-36(19-23)31(38)39-20-29-27-12-4-2-10-25(27)26-11-3-5-13-28(26)29/h2-5,10-13,15-16,18,23,29H,6-9,14,17,19-20H2,1H3/t23-/m1/s1. The summed E-state index contributed by atoms with van der Waals surface area (Å²) in [5.41, 5.74) is 5.39. The highest BCUT2D eigenvalue weighted by molar-refractivity contribution is 5.82. The van der Waals surface area contributed by atoms with Crippen molar-refractivity contribution in [2.24, 2.45) is 5.92 Å². The van der Waals surface area contributed by atoms with Crippen molar-refractivity contribution in [2.75, 3.05) is 19.7 Å². The van der Waals surface area contributed by atoms with Crippen LogP contribution in [0.15, 0.2) is 66.7 Å². The van der Waals surface area contributed by atoms with Gasteiger partial charge in [-0.05, 0) is 78.1 Å². The van der Waals surface area contributed by atoms with E-state index in [1.807, 2.05) is 24.3 Å². The van der Waals surface area contributed by atoms with E-state index in [-0.39, 0.29) is 24.2 Å². The van der Waals surface area contributed by atoms with Crippen LogP contribution >= 0.6 is 0 Å². The van der Waals surface area contributed by atoms with Crippen LogP contribution in [0, 0.1) is 12.8 Å². The number of nitrogens with zero attached hydrogens (tertiary/aromatic N) is 1. The number of alkyl halides is 3. The first-order chi connectivity index (χ1) is 18.7. The van der Waals surface area contributed by atoms with Crippen LogP contribution in [0.25, 0.3) is 11.1 Å². The first-order valence-corrected chi connectivity index (χ1v) is 13.5. The molecule has 39 heavy (non-hydrogen) atoms. The van der Waals surface area contributed by atoms with E-state index >= 15 is 0 Å². The zero-order valence-electron chi connectivity index (χ0n) is 22.0. The minimum Gasteiger partial charge on any atom is -0.448 e. The van der Waals surface area contributed by atoms with Gasteiger partial charge >= 0.3 is 12.3 Å². The molecule has 0 N–H and O–H groups in total. The number of carbonyl (C=O) groups is 2. The van der Waals surface area contributed by atoms with Gasteiger partial charge in [-0.2, -0.15) is 13.2 Å². The molecule has 1 atom stereocenters. The molecular weight excluding hydrogens is 503 g/mol. The number of ether oxygens (including phenoxy) is 1. The van der Waals surface area contributed by atoms with E-state index in [2.05, 4.69) is 24.3 Å². The van der Waals surface area contributed by atoms with Crippen molar-refractivity contribution in [3.63, 3.8) is 0 Å². The van der Waals surface area contributed by atoms with Gasteiger partial charge in [-0.25, -0.2) is 4.79 Å². The Morgan fingerprint density at radius 1 is 0.974 bits per heavy atom. The Morgan fingerprint density at radius 3 is 2.28 bits per heavy atom. The molecule has 3 aromatic carbocycles. The Kier molecular flexibility index (Phi) is 7.78. The Morgan fingerprint density at radius 2 is 1.64 bits per heavy atom. The molecule has 0 bridgehead atoms. The summed E-state index contributed by atoms with van der Waals surface area (Å²) in [6.45, 7) is 2.81. The van der Waals surface area contributed by atoms with E-state index in [1.165, 1.54) is 17.2 Å². The number of hydrogen-bond donors (Lipinski definition) is 0. The number of benzene rings is 3. The van der Waals surface area contributed by atoms with Gasteiger partial charge in [-0.3, -0.25) is 4.79 Å².